The second-order valence-electron chi connectivity index (χ2n) is 6.70. The zero-order chi connectivity index (χ0) is 13.8. The van der Waals surface area contributed by atoms with Crippen LogP contribution in [0.3, 0.4) is 0 Å². The monoisotopic (exact) mass is 268 g/mol. The number of hydrogen-bond acceptors (Lipinski definition) is 3. The lowest BCUT2D eigenvalue weighted by Gasteiger charge is -2.36. The van der Waals surface area contributed by atoms with Crippen LogP contribution >= 0.6 is 0 Å². The van der Waals surface area contributed by atoms with Gasteiger partial charge in [0.15, 0.2) is 0 Å². The number of hydrogen-bond donors (Lipinski definition) is 1. The van der Waals surface area contributed by atoms with E-state index >= 15 is 0 Å². The minimum Gasteiger partial charge on any atom is -0.374 e. The maximum Gasteiger partial charge on any atom is 0.0826 e. The second-order valence-corrected chi connectivity index (χ2v) is 6.70. The summed E-state index contributed by atoms with van der Waals surface area (Å²) in [6.07, 6.45) is 4.46. The molecular formula is C16H32N2O. The molecule has 0 aromatic carbocycles. The lowest BCUT2D eigenvalue weighted by Crippen LogP contribution is -2.50. The van der Waals surface area contributed by atoms with Crippen molar-refractivity contribution in [1.82, 2.24) is 10.2 Å². The summed E-state index contributed by atoms with van der Waals surface area (Å²) in [5.74, 6) is 1.76. The van der Waals surface area contributed by atoms with Gasteiger partial charge in [0.05, 0.1) is 12.7 Å². The molecule has 1 aliphatic carbocycles. The van der Waals surface area contributed by atoms with E-state index in [0.717, 1.165) is 38.1 Å². The van der Waals surface area contributed by atoms with Crippen molar-refractivity contribution in [3.63, 3.8) is 0 Å². The molecule has 3 heteroatoms. The zero-order valence-electron chi connectivity index (χ0n) is 13.2. The predicted octanol–water partition coefficient (Wildman–Crippen LogP) is 2.51. The summed E-state index contributed by atoms with van der Waals surface area (Å²) in [7, 11) is 0. The van der Waals surface area contributed by atoms with Gasteiger partial charge in [-0.1, -0.05) is 20.3 Å². The lowest BCUT2D eigenvalue weighted by molar-refractivity contribution is -0.0385. The van der Waals surface area contributed by atoms with Crippen LogP contribution in [0.1, 0.15) is 47.0 Å². The maximum atomic E-state index is 5.90. The van der Waals surface area contributed by atoms with Crippen LogP contribution in [0.15, 0.2) is 0 Å². The second kappa shape index (κ2) is 7.05. The molecule has 0 amide bonds. The van der Waals surface area contributed by atoms with Crippen LogP contribution in [-0.2, 0) is 4.74 Å². The lowest BCUT2D eigenvalue weighted by atomic mass is 9.93. The van der Waals surface area contributed by atoms with E-state index in [-0.39, 0.29) is 0 Å². The fourth-order valence-electron chi connectivity index (χ4n) is 3.73. The van der Waals surface area contributed by atoms with Crippen molar-refractivity contribution in [3.05, 3.63) is 0 Å². The third kappa shape index (κ3) is 3.93. The number of morpholine rings is 1. The molecular weight excluding hydrogens is 236 g/mol. The van der Waals surface area contributed by atoms with E-state index in [2.05, 4.69) is 37.9 Å². The Balaban J connectivity index is 1.73. The highest BCUT2D eigenvalue weighted by Crippen LogP contribution is 2.33. The molecule has 0 aromatic heterocycles. The molecule has 1 N–H and O–H groups in total. The van der Waals surface area contributed by atoms with Gasteiger partial charge in [-0.15, -0.1) is 0 Å². The van der Waals surface area contributed by atoms with Crippen molar-refractivity contribution in [1.29, 1.82) is 0 Å². The Morgan fingerprint density at radius 3 is 2.74 bits per heavy atom. The molecule has 112 valence electrons. The molecule has 2 aliphatic rings. The first-order chi connectivity index (χ1) is 9.11. The summed E-state index contributed by atoms with van der Waals surface area (Å²) in [5.41, 5.74) is 0. The molecule has 0 radical (unpaired) electrons. The molecule has 4 unspecified atom stereocenters. The molecule has 19 heavy (non-hydrogen) atoms. The van der Waals surface area contributed by atoms with Crippen molar-refractivity contribution in [3.8, 4) is 0 Å². The molecule has 4 atom stereocenters. The summed E-state index contributed by atoms with van der Waals surface area (Å²) >= 11 is 0. The van der Waals surface area contributed by atoms with Crippen molar-refractivity contribution in [2.75, 3.05) is 26.2 Å². The maximum absolute atomic E-state index is 5.90. The van der Waals surface area contributed by atoms with Gasteiger partial charge < -0.3 is 10.1 Å². The van der Waals surface area contributed by atoms with Gasteiger partial charge in [0.2, 0.25) is 0 Å². The van der Waals surface area contributed by atoms with Crippen LogP contribution in [0, 0.1) is 11.8 Å². The van der Waals surface area contributed by atoms with E-state index in [1.165, 1.54) is 19.3 Å². The van der Waals surface area contributed by atoms with Gasteiger partial charge in [0, 0.05) is 31.7 Å². The third-order valence-corrected chi connectivity index (χ3v) is 5.26. The fourth-order valence-corrected chi connectivity index (χ4v) is 3.73. The van der Waals surface area contributed by atoms with E-state index in [1.54, 1.807) is 0 Å². The van der Waals surface area contributed by atoms with E-state index in [0.29, 0.717) is 18.2 Å². The first kappa shape index (κ1) is 15.3. The van der Waals surface area contributed by atoms with E-state index < -0.39 is 0 Å². The number of rotatable bonds is 5. The minimum absolute atomic E-state index is 0.379. The summed E-state index contributed by atoms with van der Waals surface area (Å²) in [4.78, 5) is 2.53. The summed E-state index contributed by atoms with van der Waals surface area (Å²) in [6.45, 7) is 13.4. The highest BCUT2D eigenvalue weighted by atomic mass is 16.5. The molecule has 2 rings (SSSR count). The Labute approximate surface area is 119 Å². The average Bonchev–Trinajstić information content (AvgIpc) is 2.77. The Morgan fingerprint density at radius 1 is 1.32 bits per heavy atom. The highest BCUT2D eigenvalue weighted by Gasteiger charge is 2.32. The summed E-state index contributed by atoms with van der Waals surface area (Å²) in [6, 6.07) is 1.35. The summed E-state index contributed by atoms with van der Waals surface area (Å²) < 4.78 is 5.90. The SMILES string of the molecule is CCC1CCC(NCC2CN(C(C)C)CCO2)C1C. The Kier molecular flexibility index (Phi) is 5.67. The fraction of sp³-hybridized carbons (Fsp3) is 1.00. The predicted molar refractivity (Wildman–Crippen MR) is 80.4 cm³/mol. The number of ether oxygens (including phenoxy) is 1. The van der Waals surface area contributed by atoms with Crippen LogP contribution in [0.2, 0.25) is 0 Å². The summed E-state index contributed by atoms with van der Waals surface area (Å²) in [5, 5.41) is 3.77. The number of nitrogens with zero attached hydrogens (tertiary/aromatic N) is 1. The Hall–Kier alpha value is -0.120. The quantitative estimate of drug-likeness (QED) is 0.829. The topological polar surface area (TPSA) is 24.5 Å². The van der Waals surface area contributed by atoms with Crippen molar-refractivity contribution in [2.45, 2.75) is 65.1 Å². The molecule has 0 aromatic rings. The van der Waals surface area contributed by atoms with Crippen molar-refractivity contribution >= 4 is 0 Å². The van der Waals surface area contributed by atoms with Gasteiger partial charge in [0.1, 0.15) is 0 Å². The highest BCUT2D eigenvalue weighted by molar-refractivity contribution is 4.87. The largest absolute Gasteiger partial charge is 0.374 e. The first-order valence-electron chi connectivity index (χ1n) is 8.20. The van der Waals surface area contributed by atoms with Crippen molar-refractivity contribution in [2.24, 2.45) is 11.8 Å². The molecule has 0 bridgehead atoms. The zero-order valence-corrected chi connectivity index (χ0v) is 13.2. The van der Waals surface area contributed by atoms with Gasteiger partial charge in [-0.05, 0) is 38.5 Å². The van der Waals surface area contributed by atoms with Crippen LogP contribution in [0.5, 0.6) is 0 Å². The van der Waals surface area contributed by atoms with E-state index in [4.69, 9.17) is 4.74 Å². The van der Waals surface area contributed by atoms with E-state index in [9.17, 15) is 0 Å². The van der Waals surface area contributed by atoms with Crippen molar-refractivity contribution < 1.29 is 4.74 Å². The third-order valence-electron chi connectivity index (χ3n) is 5.26. The van der Waals surface area contributed by atoms with Gasteiger partial charge >= 0.3 is 0 Å². The molecule has 2 fully saturated rings. The van der Waals surface area contributed by atoms with Crippen LogP contribution in [0.4, 0.5) is 0 Å². The van der Waals surface area contributed by atoms with Gasteiger partial charge in [-0.3, -0.25) is 4.90 Å². The first-order valence-corrected chi connectivity index (χ1v) is 8.20. The van der Waals surface area contributed by atoms with E-state index in [1.807, 2.05) is 0 Å². The smallest absolute Gasteiger partial charge is 0.0826 e. The molecule has 0 spiro atoms. The van der Waals surface area contributed by atoms with Gasteiger partial charge in [-0.2, -0.15) is 0 Å². The Morgan fingerprint density at radius 2 is 2.11 bits per heavy atom. The van der Waals surface area contributed by atoms with Crippen LogP contribution < -0.4 is 5.32 Å². The van der Waals surface area contributed by atoms with Gasteiger partial charge in [0.25, 0.3) is 0 Å². The molecule has 1 heterocycles. The van der Waals surface area contributed by atoms with Gasteiger partial charge in [-0.25, -0.2) is 0 Å². The molecule has 1 aliphatic heterocycles. The minimum atomic E-state index is 0.379. The molecule has 3 nitrogen and oxygen atoms in total. The standard InChI is InChI=1S/C16H32N2O/c1-5-14-6-7-16(13(14)4)17-10-15-11-18(12(2)3)8-9-19-15/h12-17H,5-11H2,1-4H3. The molecule has 1 saturated carbocycles. The normalized spacial score (nSPS) is 37.1. The van der Waals surface area contributed by atoms with Crippen LogP contribution in [-0.4, -0.2) is 49.3 Å². The van der Waals surface area contributed by atoms with Crippen LogP contribution in [0.25, 0.3) is 0 Å². The average molecular weight is 268 g/mol. The Bertz CT molecular complexity index is 269. The number of nitrogens with one attached hydrogen (secondary N) is 1. The molecule has 1 saturated heterocycles.